The van der Waals surface area contributed by atoms with E-state index in [-0.39, 0.29) is 0 Å². The molecule has 0 aromatic carbocycles. The van der Waals surface area contributed by atoms with E-state index in [1.807, 2.05) is 18.3 Å². The maximum Gasteiger partial charge on any atom is 0.228 e. The molecule has 2 heterocycles. The van der Waals surface area contributed by atoms with E-state index < -0.39 is 0 Å². The zero-order valence-electron chi connectivity index (χ0n) is 11.5. The third kappa shape index (κ3) is 4.44. The molecule has 0 fully saturated rings. The SMILES string of the molecule is CCCNC(C)Cc1nc(Cc2cccnc2)no1. The van der Waals surface area contributed by atoms with E-state index in [2.05, 4.69) is 34.3 Å². The van der Waals surface area contributed by atoms with Crippen molar-refractivity contribution in [1.29, 1.82) is 0 Å². The topological polar surface area (TPSA) is 63.8 Å². The molecular weight excluding hydrogens is 240 g/mol. The summed E-state index contributed by atoms with van der Waals surface area (Å²) in [5.74, 6) is 1.40. The standard InChI is InChI=1S/C14H20N4O/c1-3-6-16-11(2)8-14-17-13(18-19-14)9-12-5-4-7-15-10-12/h4-5,7,10-11,16H,3,6,8-9H2,1-2H3. The number of pyridine rings is 1. The van der Waals surface area contributed by atoms with E-state index in [0.717, 1.165) is 24.9 Å². The molecule has 0 spiro atoms. The Kier molecular flexibility index (Phi) is 5.03. The second-order valence-electron chi connectivity index (χ2n) is 4.70. The van der Waals surface area contributed by atoms with Crippen molar-refractivity contribution in [2.24, 2.45) is 0 Å². The molecule has 2 aromatic heterocycles. The third-order valence-electron chi connectivity index (χ3n) is 2.82. The Balaban J connectivity index is 1.88. The lowest BCUT2D eigenvalue weighted by molar-refractivity contribution is 0.358. The number of nitrogens with zero attached hydrogens (tertiary/aromatic N) is 3. The van der Waals surface area contributed by atoms with Crippen LogP contribution in [0.25, 0.3) is 0 Å². The van der Waals surface area contributed by atoms with Gasteiger partial charge in [-0.15, -0.1) is 0 Å². The summed E-state index contributed by atoms with van der Waals surface area (Å²) in [7, 11) is 0. The van der Waals surface area contributed by atoms with Crippen LogP contribution in [0.1, 0.15) is 37.5 Å². The highest BCUT2D eigenvalue weighted by Crippen LogP contribution is 2.06. The van der Waals surface area contributed by atoms with Gasteiger partial charge in [-0.3, -0.25) is 4.98 Å². The molecule has 0 aliphatic heterocycles. The van der Waals surface area contributed by atoms with Crippen molar-refractivity contribution in [3.05, 3.63) is 41.8 Å². The van der Waals surface area contributed by atoms with Gasteiger partial charge in [0, 0.05) is 31.3 Å². The van der Waals surface area contributed by atoms with Crippen molar-refractivity contribution in [2.45, 2.75) is 39.2 Å². The summed E-state index contributed by atoms with van der Waals surface area (Å²) < 4.78 is 5.27. The van der Waals surface area contributed by atoms with Gasteiger partial charge in [0.1, 0.15) is 0 Å². The molecule has 0 amide bonds. The van der Waals surface area contributed by atoms with Crippen molar-refractivity contribution < 1.29 is 4.52 Å². The number of aromatic nitrogens is 3. The van der Waals surface area contributed by atoms with Crippen LogP contribution in [0.3, 0.4) is 0 Å². The molecule has 1 N–H and O–H groups in total. The average molecular weight is 260 g/mol. The van der Waals surface area contributed by atoms with Crippen LogP contribution in [0.5, 0.6) is 0 Å². The summed E-state index contributed by atoms with van der Waals surface area (Å²) in [4.78, 5) is 8.48. The van der Waals surface area contributed by atoms with Gasteiger partial charge >= 0.3 is 0 Å². The van der Waals surface area contributed by atoms with Gasteiger partial charge in [0.05, 0.1) is 0 Å². The molecule has 0 aliphatic carbocycles. The van der Waals surface area contributed by atoms with E-state index in [1.54, 1.807) is 6.20 Å². The summed E-state index contributed by atoms with van der Waals surface area (Å²) in [5, 5.41) is 7.41. The van der Waals surface area contributed by atoms with E-state index in [0.29, 0.717) is 24.2 Å². The van der Waals surface area contributed by atoms with Crippen molar-refractivity contribution >= 4 is 0 Å². The number of nitrogens with one attached hydrogen (secondary N) is 1. The summed E-state index contributed by atoms with van der Waals surface area (Å²) in [6.45, 7) is 5.29. The molecule has 102 valence electrons. The Hall–Kier alpha value is -1.75. The fourth-order valence-electron chi connectivity index (χ4n) is 1.85. The molecular formula is C14H20N4O. The van der Waals surface area contributed by atoms with Gasteiger partial charge in [-0.25, -0.2) is 0 Å². The highest BCUT2D eigenvalue weighted by molar-refractivity contribution is 5.13. The first-order valence-electron chi connectivity index (χ1n) is 6.71. The monoisotopic (exact) mass is 260 g/mol. The molecule has 19 heavy (non-hydrogen) atoms. The minimum atomic E-state index is 0.353. The molecule has 0 saturated heterocycles. The van der Waals surface area contributed by atoms with E-state index in [1.165, 1.54) is 0 Å². The molecule has 1 unspecified atom stereocenters. The van der Waals surface area contributed by atoms with Crippen molar-refractivity contribution in [3.63, 3.8) is 0 Å². The highest BCUT2D eigenvalue weighted by atomic mass is 16.5. The van der Waals surface area contributed by atoms with Gasteiger partial charge in [0.25, 0.3) is 0 Å². The van der Waals surface area contributed by atoms with Crippen molar-refractivity contribution in [2.75, 3.05) is 6.54 Å². The molecule has 0 aliphatic rings. The highest BCUT2D eigenvalue weighted by Gasteiger charge is 2.10. The van der Waals surface area contributed by atoms with E-state index in [4.69, 9.17) is 4.52 Å². The van der Waals surface area contributed by atoms with Crippen LogP contribution in [0.2, 0.25) is 0 Å². The van der Waals surface area contributed by atoms with Crippen LogP contribution in [-0.4, -0.2) is 27.7 Å². The quantitative estimate of drug-likeness (QED) is 0.824. The molecule has 0 bridgehead atoms. The number of rotatable bonds is 7. The van der Waals surface area contributed by atoms with Gasteiger partial charge in [0.15, 0.2) is 5.82 Å². The van der Waals surface area contributed by atoms with Gasteiger partial charge in [-0.2, -0.15) is 4.98 Å². The fourth-order valence-corrected chi connectivity index (χ4v) is 1.85. The minimum absolute atomic E-state index is 0.353. The molecule has 1 atom stereocenters. The predicted molar refractivity (Wildman–Crippen MR) is 72.8 cm³/mol. The summed E-state index contributed by atoms with van der Waals surface area (Å²) in [6, 6.07) is 4.27. The number of hydrogen-bond acceptors (Lipinski definition) is 5. The van der Waals surface area contributed by atoms with E-state index >= 15 is 0 Å². The molecule has 0 saturated carbocycles. The van der Waals surface area contributed by atoms with Crippen LogP contribution in [0, 0.1) is 0 Å². The maximum absolute atomic E-state index is 5.27. The molecule has 0 radical (unpaired) electrons. The average Bonchev–Trinajstić information content (AvgIpc) is 2.85. The molecule has 2 rings (SSSR count). The zero-order valence-corrected chi connectivity index (χ0v) is 11.5. The first-order valence-corrected chi connectivity index (χ1v) is 6.71. The van der Waals surface area contributed by atoms with Crippen LogP contribution in [-0.2, 0) is 12.8 Å². The van der Waals surface area contributed by atoms with Crippen LogP contribution in [0.4, 0.5) is 0 Å². The summed E-state index contributed by atoms with van der Waals surface area (Å²) in [5.41, 5.74) is 1.09. The predicted octanol–water partition coefficient (Wildman–Crippen LogP) is 1.99. The van der Waals surface area contributed by atoms with E-state index in [9.17, 15) is 0 Å². The Labute approximate surface area is 113 Å². The Morgan fingerprint density at radius 2 is 2.32 bits per heavy atom. The fraction of sp³-hybridized carbons (Fsp3) is 0.500. The first kappa shape index (κ1) is 13.7. The molecule has 5 nitrogen and oxygen atoms in total. The lowest BCUT2D eigenvalue weighted by Gasteiger charge is -2.09. The maximum atomic E-state index is 5.27. The van der Waals surface area contributed by atoms with Crippen LogP contribution in [0.15, 0.2) is 29.0 Å². The van der Waals surface area contributed by atoms with Gasteiger partial charge < -0.3 is 9.84 Å². The van der Waals surface area contributed by atoms with Gasteiger partial charge in [-0.1, -0.05) is 18.1 Å². The van der Waals surface area contributed by atoms with Crippen molar-refractivity contribution in [3.8, 4) is 0 Å². The number of hydrogen-bond donors (Lipinski definition) is 1. The Bertz CT molecular complexity index is 483. The third-order valence-corrected chi connectivity index (χ3v) is 2.82. The first-order chi connectivity index (χ1) is 9.28. The zero-order chi connectivity index (χ0) is 13.5. The second-order valence-corrected chi connectivity index (χ2v) is 4.70. The normalized spacial score (nSPS) is 12.5. The lowest BCUT2D eigenvalue weighted by Crippen LogP contribution is -2.28. The van der Waals surface area contributed by atoms with Crippen molar-refractivity contribution in [1.82, 2.24) is 20.4 Å². The van der Waals surface area contributed by atoms with Gasteiger partial charge in [0.2, 0.25) is 5.89 Å². The Morgan fingerprint density at radius 1 is 1.42 bits per heavy atom. The molecule has 2 aromatic rings. The van der Waals surface area contributed by atoms with Crippen LogP contribution >= 0.6 is 0 Å². The minimum Gasteiger partial charge on any atom is -0.339 e. The summed E-state index contributed by atoms with van der Waals surface area (Å²) >= 11 is 0. The van der Waals surface area contributed by atoms with Crippen LogP contribution < -0.4 is 5.32 Å². The largest absolute Gasteiger partial charge is 0.339 e. The lowest BCUT2D eigenvalue weighted by atomic mass is 10.2. The Morgan fingerprint density at radius 3 is 3.05 bits per heavy atom. The smallest absolute Gasteiger partial charge is 0.228 e. The summed E-state index contributed by atoms with van der Waals surface area (Å²) in [6.07, 6.45) is 6.13. The second kappa shape index (κ2) is 6.99. The van der Waals surface area contributed by atoms with Gasteiger partial charge in [-0.05, 0) is 31.5 Å². The molecule has 5 heteroatoms.